The topological polar surface area (TPSA) is 88.5 Å². The second kappa shape index (κ2) is 6.85. The van der Waals surface area contributed by atoms with Crippen molar-refractivity contribution in [1.82, 2.24) is 9.88 Å². The van der Waals surface area contributed by atoms with E-state index in [9.17, 15) is 10.1 Å². The van der Waals surface area contributed by atoms with E-state index in [2.05, 4.69) is 16.8 Å². The SMILES string of the molecule is CN1CCN(c2nc3ccc([N+](=O)[O-])cc3c(N)c2-c2ccccc2)CC1. The first-order valence-electron chi connectivity index (χ1n) is 8.91. The Morgan fingerprint density at radius 2 is 1.78 bits per heavy atom. The van der Waals surface area contributed by atoms with Crippen molar-refractivity contribution in [2.75, 3.05) is 43.9 Å². The molecule has 2 N–H and O–H groups in total. The average molecular weight is 363 g/mol. The van der Waals surface area contributed by atoms with Gasteiger partial charge in [0.15, 0.2) is 0 Å². The number of benzene rings is 2. The van der Waals surface area contributed by atoms with Crippen molar-refractivity contribution in [3.63, 3.8) is 0 Å². The standard InChI is InChI=1S/C20H21N5O2/c1-23-9-11-24(12-10-23)20-18(14-5-3-2-4-6-14)19(21)16-13-15(25(26)27)7-8-17(16)22-20/h2-8,13H,9-12H2,1H3,(H2,21,22). The molecule has 7 heteroatoms. The molecule has 0 saturated carbocycles. The number of nitro groups is 1. The Labute approximate surface area is 157 Å². The lowest BCUT2D eigenvalue weighted by Gasteiger charge is -2.34. The summed E-state index contributed by atoms with van der Waals surface area (Å²) in [5, 5.41) is 11.8. The molecule has 2 heterocycles. The van der Waals surface area contributed by atoms with Gasteiger partial charge in [-0.15, -0.1) is 0 Å². The van der Waals surface area contributed by atoms with Crippen LogP contribution in [0.5, 0.6) is 0 Å². The van der Waals surface area contributed by atoms with Gasteiger partial charge in [0.05, 0.1) is 16.1 Å². The number of pyridine rings is 1. The van der Waals surface area contributed by atoms with Crippen molar-refractivity contribution in [2.45, 2.75) is 0 Å². The Morgan fingerprint density at radius 1 is 1.07 bits per heavy atom. The second-order valence-corrected chi connectivity index (χ2v) is 6.84. The molecule has 0 atom stereocenters. The first-order chi connectivity index (χ1) is 13.0. The number of rotatable bonds is 3. The van der Waals surface area contributed by atoms with Gasteiger partial charge in [-0.05, 0) is 18.7 Å². The Hall–Kier alpha value is -3.19. The first kappa shape index (κ1) is 17.2. The van der Waals surface area contributed by atoms with Gasteiger partial charge in [0.1, 0.15) is 5.82 Å². The summed E-state index contributed by atoms with van der Waals surface area (Å²) in [7, 11) is 2.11. The van der Waals surface area contributed by atoms with Gasteiger partial charge in [0.2, 0.25) is 0 Å². The first-order valence-corrected chi connectivity index (χ1v) is 8.91. The zero-order valence-electron chi connectivity index (χ0n) is 15.1. The van der Waals surface area contributed by atoms with Crippen molar-refractivity contribution < 1.29 is 4.92 Å². The number of likely N-dealkylation sites (N-methyl/N-ethyl adjacent to an activating group) is 1. The molecule has 0 unspecified atom stereocenters. The molecule has 1 aromatic heterocycles. The molecule has 7 nitrogen and oxygen atoms in total. The molecule has 3 aromatic rings. The fourth-order valence-electron chi connectivity index (χ4n) is 3.51. The predicted octanol–water partition coefficient (Wildman–Crippen LogP) is 3.14. The van der Waals surface area contributed by atoms with Crippen LogP contribution in [0.2, 0.25) is 0 Å². The lowest BCUT2D eigenvalue weighted by atomic mass is 10.00. The van der Waals surface area contributed by atoms with Gasteiger partial charge in [0, 0.05) is 49.3 Å². The summed E-state index contributed by atoms with van der Waals surface area (Å²) in [5.74, 6) is 0.841. The van der Waals surface area contributed by atoms with Crippen LogP contribution in [-0.4, -0.2) is 48.0 Å². The van der Waals surface area contributed by atoms with E-state index in [0.717, 1.165) is 43.1 Å². The van der Waals surface area contributed by atoms with Crippen molar-refractivity contribution in [2.24, 2.45) is 0 Å². The number of nitrogen functional groups attached to an aromatic ring is 1. The number of non-ortho nitro benzene ring substituents is 1. The summed E-state index contributed by atoms with van der Waals surface area (Å²) >= 11 is 0. The summed E-state index contributed by atoms with van der Waals surface area (Å²) in [6.07, 6.45) is 0. The lowest BCUT2D eigenvalue weighted by Crippen LogP contribution is -2.45. The van der Waals surface area contributed by atoms with Crippen LogP contribution in [-0.2, 0) is 0 Å². The smallest absolute Gasteiger partial charge is 0.270 e. The van der Waals surface area contributed by atoms with Gasteiger partial charge in [0.25, 0.3) is 5.69 Å². The molecule has 1 fully saturated rings. The quantitative estimate of drug-likeness (QED) is 0.568. The Kier molecular flexibility index (Phi) is 4.37. The summed E-state index contributed by atoms with van der Waals surface area (Å²) in [6, 6.07) is 14.5. The van der Waals surface area contributed by atoms with Gasteiger partial charge in [-0.1, -0.05) is 30.3 Å². The van der Waals surface area contributed by atoms with Crippen molar-refractivity contribution in [1.29, 1.82) is 0 Å². The van der Waals surface area contributed by atoms with Crippen LogP contribution >= 0.6 is 0 Å². The summed E-state index contributed by atoms with van der Waals surface area (Å²) in [4.78, 5) is 20.2. The van der Waals surface area contributed by atoms with Crippen molar-refractivity contribution >= 4 is 28.1 Å². The molecule has 0 aliphatic carbocycles. The second-order valence-electron chi connectivity index (χ2n) is 6.84. The van der Waals surface area contributed by atoms with E-state index < -0.39 is 4.92 Å². The molecule has 0 bridgehead atoms. The highest BCUT2D eigenvalue weighted by Crippen LogP contribution is 2.40. The largest absolute Gasteiger partial charge is 0.398 e. The molecule has 1 aliphatic rings. The number of nitro benzene ring substituents is 1. The number of aromatic nitrogens is 1. The normalized spacial score (nSPS) is 15.2. The molecule has 1 aliphatic heterocycles. The highest BCUT2D eigenvalue weighted by atomic mass is 16.6. The van der Waals surface area contributed by atoms with Crippen molar-refractivity contribution in [3.05, 3.63) is 58.6 Å². The van der Waals surface area contributed by atoms with Crippen LogP contribution in [0.15, 0.2) is 48.5 Å². The molecule has 0 spiro atoms. The maximum atomic E-state index is 11.2. The van der Waals surface area contributed by atoms with E-state index in [0.29, 0.717) is 16.6 Å². The minimum Gasteiger partial charge on any atom is -0.398 e. The van der Waals surface area contributed by atoms with Gasteiger partial charge < -0.3 is 15.5 Å². The highest BCUT2D eigenvalue weighted by molar-refractivity contribution is 6.03. The van der Waals surface area contributed by atoms with Crippen LogP contribution in [0.1, 0.15) is 0 Å². The van der Waals surface area contributed by atoms with Gasteiger partial charge in [-0.3, -0.25) is 10.1 Å². The molecule has 4 rings (SSSR count). The molecular formula is C20H21N5O2. The van der Waals surface area contributed by atoms with Crippen LogP contribution in [0, 0.1) is 10.1 Å². The van der Waals surface area contributed by atoms with E-state index in [1.165, 1.54) is 12.1 Å². The summed E-state index contributed by atoms with van der Waals surface area (Å²) < 4.78 is 0. The molecule has 0 amide bonds. The minimum absolute atomic E-state index is 0.0161. The number of anilines is 2. The summed E-state index contributed by atoms with van der Waals surface area (Å²) in [5.41, 5.74) is 9.58. The third kappa shape index (κ3) is 3.17. The molecule has 1 saturated heterocycles. The lowest BCUT2D eigenvalue weighted by molar-refractivity contribution is -0.384. The fourth-order valence-corrected chi connectivity index (χ4v) is 3.51. The Balaban J connectivity index is 1.95. The third-order valence-corrected chi connectivity index (χ3v) is 5.07. The molecule has 0 radical (unpaired) electrons. The number of hydrogen-bond acceptors (Lipinski definition) is 6. The van der Waals surface area contributed by atoms with Gasteiger partial charge >= 0.3 is 0 Å². The monoisotopic (exact) mass is 363 g/mol. The van der Waals surface area contributed by atoms with Gasteiger partial charge in [-0.2, -0.15) is 0 Å². The minimum atomic E-state index is -0.407. The van der Waals surface area contributed by atoms with E-state index in [1.54, 1.807) is 6.07 Å². The number of fused-ring (bicyclic) bond motifs is 1. The molecular weight excluding hydrogens is 342 g/mol. The van der Waals surface area contributed by atoms with E-state index >= 15 is 0 Å². The average Bonchev–Trinajstić information content (AvgIpc) is 2.69. The maximum absolute atomic E-state index is 11.2. The van der Waals surface area contributed by atoms with Crippen LogP contribution in [0.3, 0.4) is 0 Å². The molecule has 138 valence electrons. The Bertz CT molecular complexity index is 998. The molecule has 27 heavy (non-hydrogen) atoms. The van der Waals surface area contributed by atoms with Crippen LogP contribution < -0.4 is 10.6 Å². The van der Waals surface area contributed by atoms with Gasteiger partial charge in [-0.25, -0.2) is 4.98 Å². The zero-order chi connectivity index (χ0) is 19.0. The van der Waals surface area contributed by atoms with Crippen LogP contribution in [0.4, 0.5) is 17.2 Å². The number of piperazine rings is 1. The number of hydrogen-bond donors (Lipinski definition) is 1. The predicted molar refractivity (Wildman–Crippen MR) is 108 cm³/mol. The highest BCUT2D eigenvalue weighted by Gasteiger charge is 2.23. The van der Waals surface area contributed by atoms with E-state index in [4.69, 9.17) is 10.7 Å². The van der Waals surface area contributed by atoms with Crippen molar-refractivity contribution in [3.8, 4) is 11.1 Å². The molecule has 2 aromatic carbocycles. The number of nitrogens with two attached hydrogens (primary N) is 1. The van der Waals surface area contributed by atoms with E-state index in [1.807, 2.05) is 30.3 Å². The van der Waals surface area contributed by atoms with E-state index in [-0.39, 0.29) is 5.69 Å². The Morgan fingerprint density at radius 3 is 2.44 bits per heavy atom. The third-order valence-electron chi connectivity index (χ3n) is 5.07. The maximum Gasteiger partial charge on any atom is 0.270 e. The van der Waals surface area contributed by atoms with Crippen LogP contribution in [0.25, 0.3) is 22.0 Å². The zero-order valence-corrected chi connectivity index (χ0v) is 15.1. The number of nitrogens with zero attached hydrogens (tertiary/aromatic N) is 4. The fraction of sp³-hybridized carbons (Fsp3) is 0.250. The summed E-state index contributed by atoms with van der Waals surface area (Å²) in [6.45, 7) is 3.63.